The second-order valence-electron chi connectivity index (χ2n) is 7.27. The van der Waals surface area contributed by atoms with Crippen molar-refractivity contribution in [3.63, 3.8) is 0 Å². The van der Waals surface area contributed by atoms with Crippen LogP contribution in [0.15, 0.2) is 36.4 Å². The molecule has 1 fully saturated rings. The normalized spacial score (nSPS) is 17.2. The number of hydrogen-bond donors (Lipinski definition) is 1. The summed E-state index contributed by atoms with van der Waals surface area (Å²) in [6.07, 6.45) is 0.985. The van der Waals surface area contributed by atoms with Crippen LogP contribution in [0, 0.1) is 5.82 Å². The number of amides is 1. The molecule has 0 atom stereocenters. The topological polar surface area (TPSA) is 44.8 Å². The fourth-order valence-corrected chi connectivity index (χ4v) is 3.86. The van der Waals surface area contributed by atoms with Gasteiger partial charge in [-0.2, -0.15) is 0 Å². The van der Waals surface area contributed by atoms with Crippen LogP contribution in [0.5, 0.6) is 5.75 Å². The van der Waals surface area contributed by atoms with Gasteiger partial charge in [0.15, 0.2) is 0 Å². The summed E-state index contributed by atoms with van der Waals surface area (Å²) in [5.74, 6) is 0.297. The molecule has 0 spiro atoms. The van der Waals surface area contributed by atoms with Crippen LogP contribution in [0.3, 0.4) is 0 Å². The molecule has 0 saturated carbocycles. The maximum Gasteiger partial charge on any atom is 0.238 e. The summed E-state index contributed by atoms with van der Waals surface area (Å²) in [6, 6.07) is 10.6. The van der Waals surface area contributed by atoms with E-state index in [1.54, 1.807) is 0 Å². The Morgan fingerprint density at radius 1 is 1.11 bits per heavy atom. The van der Waals surface area contributed by atoms with Crippen molar-refractivity contribution in [2.45, 2.75) is 13.0 Å². The molecule has 7 heteroatoms. The van der Waals surface area contributed by atoms with E-state index in [9.17, 15) is 9.18 Å². The molecule has 0 unspecified atom stereocenters. The Balaban J connectivity index is 1.25. The van der Waals surface area contributed by atoms with Gasteiger partial charge in [0.1, 0.15) is 11.6 Å². The van der Waals surface area contributed by atoms with Gasteiger partial charge in [0, 0.05) is 44.2 Å². The van der Waals surface area contributed by atoms with Crippen LogP contribution in [0.4, 0.5) is 10.1 Å². The first-order valence-corrected chi connectivity index (χ1v) is 9.89. The number of ether oxygens (including phenoxy) is 1. The van der Waals surface area contributed by atoms with E-state index in [1.165, 1.54) is 29.3 Å². The van der Waals surface area contributed by atoms with E-state index in [4.69, 9.17) is 16.3 Å². The highest BCUT2D eigenvalue weighted by atomic mass is 35.5. The molecule has 4 rings (SSSR count). The molecule has 1 saturated heterocycles. The van der Waals surface area contributed by atoms with Gasteiger partial charge >= 0.3 is 0 Å². The van der Waals surface area contributed by atoms with E-state index < -0.39 is 5.82 Å². The molecule has 1 N–H and O–H groups in total. The number of piperazine rings is 1. The van der Waals surface area contributed by atoms with Gasteiger partial charge in [-0.1, -0.05) is 23.7 Å². The predicted octanol–water partition coefficient (Wildman–Crippen LogP) is 3.17. The molecular weight excluding hydrogens is 381 g/mol. The summed E-state index contributed by atoms with van der Waals surface area (Å²) in [6.45, 7) is 5.33. The Bertz CT molecular complexity index is 869. The van der Waals surface area contributed by atoms with Crippen LogP contribution < -0.4 is 10.1 Å². The highest BCUT2D eigenvalue weighted by Gasteiger charge is 2.20. The van der Waals surface area contributed by atoms with Gasteiger partial charge in [-0.15, -0.1) is 0 Å². The van der Waals surface area contributed by atoms with Crippen molar-refractivity contribution < 1.29 is 13.9 Å². The van der Waals surface area contributed by atoms with Crippen LogP contribution >= 0.6 is 11.6 Å². The van der Waals surface area contributed by atoms with Gasteiger partial charge in [0.05, 0.1) is 18.8 Å². The Labute approximate surface area is 169 Å². The van der Waals surface area contributed by atoms with Crippen LogP contribution in [0.25, 0.3) is 0 Å². The second-order valence-corrected chi connectivity index (χ2v) is 7.70. The molecule has 0 radical (unpaired) electrons. The van der Waals surface area contributed by atoms with E-state index in [1.807, 2.05) is 0 Å². The fourth-order valence-electron chi connectivity index (χ4n) is 3.69. The van der Waals surface area contributed by atoms with Crippen LogP contribution in [0.2, 0.25) is 5.02 Å². The molecule has 148 valence electrons. The SMILES string of the molecule is O=C(CN1CCN(Cc2ccc3c(c2)CCO3)CC1)Nc1cc(Cl)ccc1F. The summed E-state index contributed by atoms with van der Waals surface area (Å²) in [5, 5.41) is 3.00. The molecule has 2 heterocycles. The van der Waals surface area contributed by atoms with Gasteiger partial charge in [-0.05, 0) is 35.4 Å². The monoisotopic (exact) mass is 403 g/mol. The van der Waals surface area contributed by atoms with E-state index in [0.717, 1.165) is 51.5 Å². The van der Waals surface area contributed by atoms with Crippen LogP contribution in [-0.4, -0.2) is 55.0 Å². The summed E-state index contributed by atoms with van der Waals surface area (Å²) < 4.78 is 19.3. The quantitative estimate of drug-likeness (QED) is 0.832. The molecule has 2 aliphatic rings. The Hall–Kier alpha value is -2.15. The van der Waals surface area contributed by atoms with Gasteiger partial charge in [0.25, 0.3) is 0 Å². The van der Waals surface area contributed by atoms with Crippen molar-refractivity contribution in [2.24, 2.45) is 0 Å². The van der Waals surface area contributed by atoms with Gasteiger partial charge in [-0.3, -0.25) is 14.6 Å². The highest BCUT2D eigenvalue weighted by Crippen LogP contribution is 2.26. The van der Waals surface area contributed by atoms with E-state index in [-0.39, 0.29) is 18.1 Å². The molecule has 1 amide bonds. The number of fused-ring (bicyclic) bond motifs is 1. The minimum absolute atomic E-state index is 0.122. The minimum atomic E-state index is -0.484. The molecule has 0 aromatic heterocycles. The largest absolute Gasteiger partial charge is 0.493 e. The average Bonchev–Trinajstić information content (AvgIpc) is 3.14. The van der Waals surface area contributed by atoms with Crippen molar-refractivity contribution in [2.75, 3.05) is 44.6 Å². The third-order valence-corrected chi connectivity index (χ3v) is 5.43. The molecule has 0 aliphatic carbocycles. The van der Waals surface area contributed by atoms with Crippen LogP contribution in [0.1, 0.15) is 11.1 Å². The van der Waals surface area contributed by atoms with Gasteiger partial charge in [0.2, 0.25) is 5.91 Å². The van der Waals surface area contributed by atoms with Crippen molar-refractivity contribution in [3.05, 3.63) is 58.4 Å². The first-order chi connectivity index (χ1) is 13.6. The second kappa shape index (κ2) is 8.47. The number of anilines is 1. The number of nitrogens with zero attached hydrogens (tertiary/aromatic N) is 2. The predicted molar refractivity (Wildman–Crippen MR) is 107 cm³/mol. The highest BCUT2D eigenvalue weighted by molar-refractivity contribution is 6.30. The number of carbonyl (C=O) groups excluding carboxylic acids is 1. The third kappa shape index (κ3) is 4.63. The van der Waals surface area contributed by atoms with Crippen molar-refractivity contribution in [1.82, 2.24) is 9.80 Å². The lowest BCUT2D eigenvalue weighted by Crippen LogP contribution is -2.48. The molecule has 0 bridgehead atoms. The van der Waals surface area contributed by atoms with E-state index in [0.29, 0.717) is 5.02 Å². The average molecular weight is 404 g/mol. The standard InChI is InChI=1S/C21H23ClFN3O2/c22-17-2-3-18(23)19(12-17)24-21(27)14-26-8-6-25(7-9-26)13-15-1-4-20-16(11-15)5-10-28-20/h1-4,11-12H,5-10,13-14H2,(H,24,27). The number of carbonyl (C=O) groups is 1. The number of hydrogen-bond acceptors (Lipinski definition) is 4. The Morgan fingerprint density at radius 3 is 2.71 bits per heavy atom. The van der Waals surface area contributed by atoms with Crippen LogP contribution in [-0.2, 0) is 17.8 Å². The number of halogens is 2. The zero-order valence-electron chi connectivity index (χ0n) is 15.6. The summed E-state index contributed by atoms with van der Waals surface area (Å²) in [5.41, 5.74) is 2.71. The lowest BCUT2D eigenvalue weighted by molar-refractivity contribution is -0.117. The smallest absolute Gasteiger partial charge is 0.238 e. The van der Waals surface area contributed by atoms with Crippen molar-refractivity contribution in [1.29, 1.82) is 0 Å². The third-order valence-electron chi connectivity index (χ3n) is 5.19. The molecule has 2 aromatic carbocycles. The van der Waals surface area contributed by atoms with Gasteiger partial charge in [-0.25, -0.2) is 4.39 Å². The number of nitrogens with one attached hydrogen (secondary N) is 1. The van der Waals surface area contributed by atoms with Gasteiger partial charge < -0.3 is 10.1 Å². The first kappa shape index (κ1) is 19.2. The van der Waals surface area contributed by atoms with Crippen molar-refractivity contribution in [3.8, 4) is 5.75 Å². The minimum Gasteiger partial charge on any atom is -0.493 e. The zero-order chi connectivity index (χ0) is 19.5. The number of rotatable bonds is 5. The number of benzene rings is 2. The zero-order valence-corrected chi connectivity index (χ0v) is 16.3. The summed E-state index contributed by atoms with van der Waals surface area (Å²) >= 11 is 5.86. The fraction of sp³-hybridized carbons (Fsp3) is 0.381. The molecule has 28 heavy (non-hydrogen) atoms. The Kier molecular flexibility index (Phi) is 5.80. The Morgan fingerprint density at radius 2 is 1.89 bits per heavy atom. The van der Waals surface area contributed by atoms with E-state index in [2.05, 4.69) is 33.3 Å². The molecule has 2 aliphatic heterocycles. The molecule has 2 aromatic rings. The van der Waals surface area contributed by atoms with Crippen molar-refractivity contribution >= 4 is 23.2 Å². The maximum atomic E-state index is 13.7. The van der Waals surface area contributed by atoms with E-state index >= 15 is 0 Å². The molecule has 5 nitrogen and oxygen atoms in total. The molecular formula is C21H23ClFN3O2. The maximum absolute atomic E-state index is 13.7. The lowest BCUT2D eigenvalue weighted by atomic mass is 10.1. The lowest BCUT2D eigenvalue weighted by Gasteiger charge is -2.34. The summed E-state index contributed by atoms with van der Waals surface area (Å²) in [4.78, 5) is 16.7. The summed E-state index contributed by atoms with van der Waals surface area (Å²) in [7, 11) is 0. The first-order valence-electron chi connectivity index (χ1n) is 9.51.